The number of carbonyl (C=O) groups is 2. The number of thioether (sulfide) groups is 1. The van der Waals surface area contributed by atoms with Gasteiger partial charge in [0.15, 0.2) is 0 Å². The number of amides is 2. The number of benzene rings is 2. The molecule has 2 aromatic carbocycles. The van der Waals surface area contributed by atoms with Crippen molar-refractivity contribution < 1.29 is 18.7 Å². The molecular weight excluding hydrogens is 367 g/mol. The maximum Gasteiger partial charge on any atom is 0.251 e. The Balaban J connectivity index is 1.50. The highest BCUT2D eigenvalue weighted by Crippen LogP contribution is 2.24. The molecule has 1 fully saturated rings. The van der Waals surface area contributed by atoms with Crippen molar-refractivity contribution in [3.05, 3.63) is 59.4 Å². The Morgan fingerprint density at radius 3 is 2.78 bits per heavy atom. The van der Waals surface area contributed by atoms with Crippen molar-refractivity contribution in [2.75, 3.05) is 18.2 Å². The fourth-order valence-corrected chi connectivity index (χ4v) is 3.35. The first-order valence-corrected chi connectivity index (χ1v) is 9.81. The van der Waals surface area contributed by atoms with Crippen LogP contribution in [0.15, 0.2) is 42.5 Å². The molecule has 0 aliphatic heterocycles. The lowest BCUT2D eigenvalue weighted by molar-refractivity contribution is -0.113. The van der Waals surface area contributed by atoms with E-state index in [1.165, 1.54) is 31.0 Å². The lowest BCUT2D eigenvalue weighted by Crippen LogP contribution is -2.25. The topological polar surface area (TPSA) is 67.4 Å². The van der Waals surface area contributed by atoms with Crippen LogP contribution in [0.1, 0.15) is 28.8 Å². The van der Waals surface area contributed by atoms with Crippen LogP contribution in [0.2, 0.25) is 0 Å². The molecule has 2 amide bonds. The van der Waals surface area contributed by atoms with Gasteiger partial charge < -0.3 is 15.4 Å². The molecule has 0 bridgehead atoms. The molecule has 7 heteroatoms. The summed E-state index contributed by atoms with van der Waals surface area (Å²) < 4.78 is 18.6. The number of anilines is 1. The second-order valence-electron chi connectivity index (χ2n) is 6.33. The third-order valence-electron chi connectivity index (χ3n) is 4.05. The van der Waals surface area contributed by atoms with Crippen LogP contribution < -0.4 is 15.4 Å². The van der Waals surface area contributed by atoms with Gasteiger partial charge in [0.1, 0.15) is 11.6 Å². The number of nitrogens with one attached hydrogen (secondary N) is 2. The summed E-state index contributed by atoms with van der Waals surface area (Å²) in [6, 6.07) is 11.5. The third kappa shape index (κ3) is 5.72. The zero-order chi connectivity index (χ0) is 19.2. The molecule has 0 atom stereocenters. The Bertz CT molecular complexity index is 840. The second-order valence-corrected chi connectivity index (χ2v) is 7.31. The van der Waals surface area contributed by atoms with E-state index in [4.69, 9.17) is 4.74 Å². The second kappa shape index (κ2) is 8.90. The van der Waals surface area contributed by atoms with Crippen molar-refractivity contribution >= 4 is 29.3 Å². The van der Waals surface area contributed by atoms with E-state index in [1.807, 2.05) is 0 Å². The molecule has 1 saturated carbocycles. The number of carbonyl (C=O) groups excluding carboxylic acids is 2. The lowest BCUT2D eigenvalue weighted by Gasteiger charge is -2.09. The average Bonchev–Trinajstić information content (AvgIpc) is 3.46. The number of halogens is 1. The normalized spacial score (nSPS) is 13.1. The van der Waals surface area contributed by atoms with Gasteiger partial charge in [0.25, 0.3) is 5.91 Å². The number of hydrogen-bond acceptors (Lipinski definition) is 4. The van der Waals surface area contributed by atoms with Crippen molar-refractivity contribution in [1.82, 2.24) is 5.32 Å². The minimum absolute atomic E-state index is 0.124. The Kier molecular flexibility index (Phi) is 6.34. The smallest absolute Gasteiger partial charge is 0.251 e. The fourth-order valence-electron chi connectivity index (χ4n) is 2.55. The summed E-state index contributed by atoms with van der Waals surface area (Å²) in [6.07, 6.45) is 2.05. The summed E-state index contributed by atoms with van der Waals surface area (Å²) in [5.41, 5.74) is 1.80. The number of methoxy groups -OCH3 is 1. The van der Waals surface area contributed by atoms with Gasteiger partial charge in [-0.05, 0) is 49.2 Å². The number of hydrogen-bond donors (Lipinski definition) is 2. The minimum Gasteiger partial charge on any atom is -0.496 e. The van der Waals surface area contributed by atoms with Gasteiger partial charge in [-0.25, -0.2) is 4.39 Å². The molecule has 2 aromatic rings. The zero-order valence-electron chi connectivity index (χ0n) is 15.0. The van der Waals surface area contributed by atoms with Crippen LogP contribution >= 0.6 is 11.8 Å². The van der Waals surface area contributed by atoms with E-state index in [0.717, 1.165) is 12.8 Å². The van der Waals surface area contributed by atoms with Gasteiger partial charge in [0.05, 0.1) is 12.9 Å². The molecule has 0 aromatic heterocycles. The average molecular weight is 388 g/mol. The Morgan fingerprint density at radius 2 is 2.04 bits per heavy atom. The molecule has 142 valence electrons. The first-order chi connectivity index (χ1) is 13.0. The molecule has 5 nitrogen and oxygen atoms in total. The van der Waals surface area contributed by atoms with Gasteiger partial charge in [-0.15, -0.1) is 11.8 Å². The molecule has 1 aliphatic carbocycles. The van der Waals surface area contributed by atoms with Gasteiger partial charge in [0.2, 0.25) is 5.91 Å². The first-order valence-electron chi connectivity index (χ1n) is 8.66. The van der Waals surface area contributed by atoms with E-state index in [9.17, 15) is 14.0 Å². The van der Waals surface area contributed by atoms with Gasteiger partial charge in [0, 0.05) is 28.6 Å². The maximum absolute atomic E-state index is 13.4. The quantitative estimate of drug-likeness (QED) is 0.725. The predicted octanol–water partition coefficient (Wildman–Crippen LogP) is 3.60. The molecule has 0 spiro atoms. The van der Waals surface area contributed by atoms with Crippen molar-refractivity contribution in [3.63, 3.8) is 0 Å². The van der Waals surface area contributed by atoms with Crippen molar-refractivity contribution in [1.29, 1.82) is 0 Å². The Hall–Kier alpha value is -2.54. The zero-order valence-corrected chi connectivity index (χ0v) is 15.8. The fraction of sp³-hybridized carbons (Fsp3) is 0.300. The van der Waals surface area contributed by atoms with Gasteiger partial charge in [-0.1, -0.05) is 6.07 Å². The van der Waals surface area contributed by atoms with E-state index < -0.39 is 0 Å². The van der Waals surface area contributed by atoms with E-state index in [2.05, 4.69) is 10.6 Å². The SMILES string of the molecule is COc1ccc(F)cc1CSCC(=O)Nc1cccc(C(=O)NC2CC2)c1. The van der Waals surface area contributed by atoms with Crippen LogP contribution in [0, 0.1) is 5.82 Å². The van der Waals surface area contributed by atoms with E-state index >= 15 is 0 Å². The molecule has 0 radical (unpaired) electrons. The van der Waals surface area contributed by atoms with Crippen molar-refractivity contribution in [3.8, 4) is 5.75 Å². The van der Waals surface area contributed by atoms with Crippen LogP contribution in [0.4, 0.5) is 10.1 Å². The van der Waals surface area contributed by atoms with E-state index in [1.54, 1.807) is 30.3 Å². The number of rotatable bonds is 8. The molecule has 0 saturated heterocycles. The summed E-state index contributed by atoms with van der Waals surface area (Å²) in [5, 5.41) is 5.71. The largest absolute Gasteiger partial charge is 0.496 e. The molecule has 3 rings (SSSR count). The first kappa shape index (κ1) is 19.2. The molecule has 2 N–H and O–H groups in total. The van der Waals surface area contributed by atoms with Crippen LogP contribution in [-0.2, 0) is 10.5 Å². The summed E-state index contributed by atoms with van der Waals surface area (Å²) in [6.45, 7) is 0. The molecular formula is C20H21FN2O3S. The van der Waals surface area contributed by atoms with Crippen molar-refractivity contribution in [2.24, 2.45) is 0 Å². The summed E-state index contributed by atoms with van der Waals surface area (Å²) in [7, 11) is 1.53. The number of ether oxygens (including phenoxy) is 1. The molecule has 1 aliphatic rings. The lowest BCUT2D eigenvalue weighted by atomic mass is 10.2. The van der Waals surface area contributed by atoms with Crippen LogP contribution in [0.25, 0.3) is 0 Å². The van der Waals surface area contributed by atoms with Gasteiger partial charge in [-0.3, -0.25) is 9.59 Å². The molecule has 0 unspecified atom stereocenters. The van der Waals surface area contributed by atoms with Crippen molar-refractivity contribution in [2.45, 2.75) is 24.6 Å². The monoisotopic (exact) mass is 388 g/mol. The highest BCUT2D eigenvalue weighted by molar-refractivity contribution is 7.99. The highest BCUT2D eigenvalue weighted by Gasteiger charge is 2.23. The maximum atomic E-state index is 13.4. The summed E-state index contributed by atoms with van der Waals surface area (Å²) >= 11 is 1.36. The third-order valence-corrected chi connectivity index (χ3v) is 5.04. The summed E-state index contributed by atoms with van der Waals surface area (Å²) in [5.74, 6) is 0.614. The predicted molar refractivity (Wildman–Crippen MR) is 105 cm³/mol. The minimum atomic E-state index is -0.336. The highest BCUT2D eigenvalue weighted by atomic mass is 32.2. The molecule has 27 heavy (non-hydrogen) atoms. The van der Waals surface area contributed by atoms with E-state index in [0.29, 0.717) is 28.3 Å². The Morgan fingerprint density at radius 1 is 1.22 bits per heavy atom. The van der Waals surface area contributed by atoms with Crippen LogP contribution in [-0.4, -0.2) is 30.7 Å². The van der Waals surface area contributed by atoms with Crippen LogP contribution in [0.5, 0.6) is 5.75 Å². The summed E-state index contributed by atoms with van der Waals surface area (Å²) in [4.78, 5) is 24.2. The van der Waals surface area contributed by atoms with Crippen LogP contribution in [0.3, 0.4) is 0 Å². The molecule has 0 heterocycles. The van der Waals surface area contributed by atoms with Gasteiger partial charge in [-0.2, -0.15) is 0 Å². The standard InChI is InChI=1S/C20H21FN2O3S/c1-26-18-8-5-15(21)9-14(18)11-27-12-19(24)22-17-4-2-3-13(10-17)20(25)23-16-6-7-16/h2-5,8-10,16H,6-7,11-12H2,1H3,(H,22,24)(H,23,25). The Labute approximate surface area is 161 Å². The van der Waals surface area contributed by atoms with Gasteiger partial charge >= 0.3 is 0 Å². The van der Waals surface area contributed by atoms with E-state index in [-0.39, 0.29) is 29.4 Å².